The van der Waals surface area contributed by atoms with Gasteiger partial charge < -0.3 is 10.0 Å². The smallest absolute Gasteiger partial charge is 0.411 e. The minimum atomic E-state index is -0.828. The number of hydrogen-bond donors (Lipinski definition) is 1. The molecule has 19 heavy (non-hydrogen) atoms. The number of hydrogen-bond acceptors (Lipinski definition) is 2. The van der Waals surface area contributed by atoms with Crippen LogP contribution in [0.4, 0.5) is 4.79 Å². The molecule has 1 rings (SSSR count). The predicted molar refractivity (Wildman–Crippen MR) is 78.2 cm³/mol. The largest absolute Gasteiger partial charge is 0.465 e. The minimum Gasteiger partial charge on any atom is -0.465 e. The third-order valence-electron chi connectivity index (χ3n) is 4.17. The summed E-state index contributed by atoms with van der Waals surface area (Å²) in [4.78, 5) is 15.2. The molecule has 4 heteroatoms. The van der Waals surface area contributed by atoms with Crippen LogP contribution in [-0.2, 0) is 0 Å². The van der Waals surface area contributed by atoms with Gasteiger partial charge >= 0.3 is 6.09 Å². The molecule has 1 aliphatic carbocycles. The molecule has 0 aromatic carbocycles. The van der Waals surface area contributed by atoms with E-state index >= 15 is 0 Å². The summed E-state index contributed by atoms with van der Waals surface area (Å²) in [6.45, 7) is 6.43. The van der Waals surface area contributed by atoms with Crippen LogP contribution in [0.2, 0.25) is 0 Å². The van der Waals surface area contributed by atoms with Gasteiger partial charge in [0.1, 0.15) is 0 Å². The van der Waals surface area contributed by atoms with E-state index in [0.717, 1.165) is 32.1 Å². The van der Waals surface area contributed by atoms with Crippen LogP contribution in [0.25, 0.3) is 0 Å². The van der Waals surface area contributed by atoms with Crippen LogP contribution in [-0.4, -0.2) is 46.2 Å². The first kappa shape index (κ1) is 16.0. The molecule has 0 bridgehead atoms. The van der Waals surface area contributed by atoms with Crippen molar-refractivity contribution in [2.45, 2.75) is 71.0 Å². The fourth-order valence-corrected chi connectivity index (χ4v) is 2.73. The first-order valence-corrected chi connectivity index (χ1v) is 7.37. The molecular weight excluding hydrogens is 240 g/mol. The van der Waals surface area contributed by atoms with Crippen LogP contribution < -0.4 is 0 Å². The van der Waals surface area contributed by atoms with Gasteiger partial charge in [-0.1, -0.05) is 13.0 Å². The lowest BCUT2D eigenvalue weighted by Crippen LogP contribution is -2.44. The maximum Gasteiger partial charge on any atom is 0.411 e. The molecule has 0 heterocycles. The lowest BCUT2D eigenvalue weighted by atomic mass is 9.89. The molecule has 0 spiro atoms. The lowest BCUT2D eigenvalue weighted by Gasteiger charge is -2.39. The van der Waals surface area contributed by atoms with Crippen LogP contribution in [0.15, 0.2) is 12.3 Å². The lowest BCUT2D eigenvalue weighted by molar-refractivity contribution is 0.103. The monoisotopic (exact) mass is 268 g/mol. The molecule has 1 N–H and O–H groups in total. The van der Waals surface area contributed by atoms with E-state index in [1.54, 1.807) is 6.20 Å². The normalized spacial score (nSPS) is 24.3. The summed E-state index contributed by atoms with van der Waals surface area (Å²) in [5.41, 5.74) is 0. The van der Waals surface area contributed by atoms with Gasteiger partial charge in [0.25, 0.3) is 0 Å². The first-order valence-electron chi connectivity index (χ1n) is 7.37. The first-order chi connectivity index (χ1) is 8.97. The zero-order chi connectivity index (χ0) is 14.4. The van der Waals surface area contributed by atoms with E-state index in [4.69, 9.17) is 0 Å². The highest BCUT2D eigenvalue weighted by Crippen LogP contribution is 2.27. The molecule has 1 fully saturated rings. The number of carboxylic acid groups (broad SMARTS) is 1. The summed E-state index contributed by atoms with van der Waals surface area (Å²) in [6, 6.07) is 1.30. The zero-order valence-corrected chi connectivity index (χ0v) is 12.7. The number of nitrogens with zero attached hydrogens (tertiary/aromatic N) is 2. The van der Waals surface area contributed by atoms with Gasteiger partial charge in [-0.2, -0.15) is 0 Å². The highest BCUT2D eigenvalue weighted by molar-refractivity contribution is 5.66. The van der Waals surface area contributed by atoms with E-state index in [-0.39, 0.29) is 6.04 Å². The number of rotatable bonds is 5. The van der Waals surface area contributed by atoms with Crippen molar-refractivity contribution in [1.82, 2.24) is 9.80 Å². The van der Waals surface area contributed by atoms with E-state index in [0.29, 0.717) is 12.1 Å². The Balaban J connectivity index is 2.56. The Morgan fingerprint density at radius 3 is 2.21 bits per heavy atom. The van der Waals surface area contributed by atoms with Gasteiger partial charge in [-0.05, 0) is 53.0 Å². The van der Waals surface area contributed by atoms with E-state index in [2.05, 4.69) is 25.8 Å². The molecular formula is C15H28N2O2. The number of allylic oxidation sites excluding steroid dienone is 1. The van der Waals surface area contributed by atoms with Gasteiger partial charge in [0.2, 0.25) is 0 Å². The maximum atomic E-state index is 11.3. The Kier molecular flexibility index (Phi) is 6.35. The topological polar surface area (TPSA) is 43.8 Å². The van der Waals surface area contributed by atoms with Gasteiger partial charge in [-0.15, -0.1) is 0 Å². The molecule has 0 unspecified atom stereocenters. The standard InChI is InChI=1S/C15H28N2O2/c1-5-6-11-17(15(18)19)14-9-7-13(8-10-14)16(4)12(2)3/h6,11-14H,5,7-10H2,1-4H3,(H,18,19). The zero-order valence-electron chi connectivity index (χ0n) is 12.7. The maximum absolute atomic E-state index is 11.3. The van der Waals surface area contributed by atoms with Gasteiger partial charge in [0.05, 0.1) is 0 Å². The van der Waals surface area contributed by atoms with Crippen molar-refractivity contribution in [1.29, 1.82) is 0 Å². The van der Waals surface area contributed by atoms with Crippen molar-refractivity contribution in [3.63, 3.8) is 0 Å². The quantitative estimate of drug-likeness (QED) is 0.829. The minimum absolute atomic E-state index is 0.150. The average molecular weight is 268 g/mol. The van der Waals surface area contributed by atoms with Crippen molar-refractivity contribution in [3.8, 4) is 0 Å². The van der Waals surface area contributed by atoms with Crippen LogP contribution in [0.5, 0.6) is 0 Å². The Hall–Kier alpha value is -1.03. The van der Waals surface area contributed by atoms with Crippen LogP contribution >= 0.6 is 0 Å². The second kappa shape index (κ2) is 7.53. The van der Waals surface area contributed by atoms with Crippen molar-refractivity contribution in [2.75, 3.05) is 7.05 Å². The molecule has 110 valence electrons. The Bertz CT molecular complexity index is 307. The number of amides is 1. The van der Waals surface area contributed by atoms with Gasteiger partial charge in [0.15, 0.2) is 0 Å². The van der Waals surface area contributed by atoms with E-state index < -0.39 is 6.09 Å². The Labute approximate surface area is 117 Å². The van der Waals surface area contributed by atoms with Crippen molar-refractivity contribution >= 4 is 6.09 Å². The fourth-order valence-electron chi connectivity index (χ4n) is 2.73. The van der Waals surface area contributed by atoms with Crippen molar-refractivity contribution in [3.05, 3.63) is 12.3 Å². The molecule has 1 saturated carbocycles. The van der Waals surface area contributed by atoms with E-state index in [1.165, 1.54) is 4.90 Å². The number of carbonyl (C=O) groups is 1. The summed E-state index contributed by atoms with van der Waals surface area (Å²) in [5, 5.41) is 9.28. The molecule has 0 atom stereocenters. The summed E-state index contributed by atoms with van der Waals surface area (Å²) >= 11 is 0. The Morgan fingerprint density at radius 2 is 1.79 bits per heavy atom. The average Bonchev–Trinajstić information content (AvgIpc) is 2.38. The second-order valence-corrected chi connectivity index (χ2v) is 5.70. The fraction of sp³-hybridized carbons (Fsp3) is 0.800. The SMILES string of the molecule is CCC=CN(C(=O)O)C1CCC(N(C)C(C)C)CC1. The molecule has 4 nitrogen and oxygen atoms in total. The summed E-state index contributed by atoms with van der Waals surface area (Å²) in [6.07, 6.45) is 7.79. The third kappa shape index (κ3) is 4.53. The van der Waals surface area contributed by atoms with Crippen molar-refractivity contribution < 1.29 is 9.90 Å². The van der Waals surface area contributed by atoms with E-state index in [9.17, 15) is 9.90 Å². The molecule has 0 saturated heterocycles. The predicted octanol–water partition coefficient (Wildman–Crippen LogP) is 3.54. The van der Waals surface area contributed by atoms with Gasteiger partial charge in [0, 0.05) is 24.3 Å². The molecule has 0 aromatic heterocycles. The van der Waals surface area contributed by atoms with Crippen molar-refractivity contribution in [2.24, 2.45) is 0 Å². The van der Waals surface area contributed by atoms with E-state index in [1.807, 2.05) is 13.0 Å². The highest BCUT2D eigenvalue weighted by Gasteiger charge is 2.29. The summed E-state index contributed by atoms with van der Waals surface area (Å²) in [5.74, 6) is 0. The molecule has 1 aliphatic rings. The third-order valence-corrected chi connectivity index (χ3v) is 4.17. The Morgan fingerprint density at radius 1 is 1.26 bits per heavy atom. The summed E-state index contributed by atoms with van der Waals surface area (Å²) < 4.78 is 0. The van der Waals surface area contributed by atoms with Crippen LogP contribution in [0.1, 0.15) is 52.9 Å². The van der Waals surface area contributed by atoms with Gasteiger partial charge in [-0.3, -0.25) is 4.90 Å². The van der Waals surface area contributed by atoms with Crippen LogP contribution in [0, 0.1) is 0 Å². The van der Waals surface area contributed by atoms with Crippen LogP contribution in [0.3, 0.4) is 0 Å². The summed E-state index contributed by atoms with van der Waals surface area (Å²) in [7, 11) is 2.17. The molecule has 0 radical (unpaired) electrons. The molecule has 1 amide bonds. The molecule has 0 aromatic rings. The second-order valence-electron chi connectivity index (χ2n) is 5.70. The highest BCUT2D eigenvalue weighted by atomic mass is 16.4. The molecule has 0 aliphatic heterocycles. The van der Waals surface area contributed by atoms with Gasteiger partial charge in [-0.25, -0.2) is 4.79 Å².